The number of hydrogen-bond donors (Lipinski definition) is 1. The Bertz CT molecular complexity index is 743. The van der Waals surface area contributed by atoms with Crippen molar-refractivity contribution in [1.82, 2.24) is 4.57 Å². The van der Waals surface area contributed by atoms with Crippen LogP contribution in [0.2, 0.25) is 0 Å². The van der Waals surface area contributed by atoms with Crippen LogP contribution in [0.1, 0.15) is 15.9 Å². The lowest BCUT2D eigenvalue weighted by atomic mass is 10.1. The molecule has 104 valence electrons. The van der Waals surface area contributed by atoms with Gasteiger partial charge >= 0.3 is 0 Å². The quantitative estimate of drug-likeness (QED) is 0.769. The molecule has 0 unspecified atom stereocenters. The molecule has 0 aliphatic rings. The van der Waals surface area contributed by atoms with Crippen molar-refractivity contribution in [2.45, 2.75) is 6.92 Å². The summed E-state index contributed by atoms with van der Waals surface area (Å²) in [7, 11) is 0. The van der Waals surface area contributed by atoms with Gasteiger partial charge < -0.3 is 9.88 Å². The third-order valence-electron chi connectivity index (χ3n) is 3.31. The summed E-state index contributed by atoms with van der Waals surface area (Å²) in [6, 6.07) is 19.3. The van der Waals surface area contributed by atoms with Crippen LogP contribution in [0, 0.1) is 6.92 Å². The van der Waals surface area contributed by atoms with E-state index in [1.807, 2.05) is 84.5 Å². The molecule has 3 aromatic rings. The fraction of sp³-hybridized carbons (Fsp3) is 0.0556. The Morgan fingerprint density at radius 3 is 2.33 bits per heavy atom. The predicted molar refractivity (Wildman–Crippen MR) is 84.9 cm³/mol. The highest BCUT2D eigenvalue weighted by molar-refractivity contribution is 6.04. The molecule has 21 heavy (non-hydrogen) atoms. The second-order valence-corrected chi connectivity index (χ2v) is 4.96. The van der Waals surface area contributed by atoms with Crippen LogP contribution in [-0.2, 0) is 0 Å². The molecule has 1 aromatic heterocycles. The molecule has 0 spiro atoms. The van der Waals surface area contributed by atoms with E-state index in [1.54, 1.807) is 0 Å². The number of amides is 1. The van der Waals surface area contributed by atoms with Crippen LogP contribution < -0.4 is 5.32 Å². The van der Waals surface area contributed by atoms with Gasteiger partial charge in [-0.1, -0.05) is 17.7 Å². The number of carbonyl (C=O) groups excluding carboxylic acids is 1. The van der Waals surface area contributed by atoms with E-state index in [0.29, 0.717) is 5.56 Å². The Morgan fingerprint density at radius 2 is 1.67 bits per heavy atom. The van der Waals surface area contributed by atoms with Gasteiger partial charge in [0.05, 0.1) is 0 Å². The van der Waals surface area contributed by atoms with Crippen LogP contribution in [0.4, 0.5) is 5.69 Å². The summed E-state index contributed by atoms with van der Waals surface area (Å²) >= 11 is 0. The van der Waals surface area contributed by atoms with Gasteiger partial charge in [0, 0.05) is 29.3 Å². The van der Waals surface area contributed by atoms with Gasteiger partial charge in [-0.3, -0.25) is 4.79 Å². The molecule has 3 rings (SSSR count). The van der Waals surface area contributed by atoms with Crippen molar-refractivity contribution in [2.75, 3.05) is 5.32 Å². The van der Waals surface area contributed by atoms with E-state index >= 15 is 0 Å². The molecule has 0 saturated carbocycles. The summed E-state index contributed by atoms with van der Waals surface area (Å²) in [5.41, 5.74) is 3.60. The number of nitrogens with zero attached hydrogens (tertiary/aromatic N) is 1. The summed E-state index contributed by atoms with van der Waals surface area (Å²) in [6.45, 7) is 1.97. The lowest BCUT2D eigenvalue weighted by Crippen LogP contribution is -2.11. The summed E-state index contributed by atoms with van der Waals surface area (Å²) in [4.78, 5) is 12.2. The summed E-state index contributed by atoms with van der Waals surface area (Å²) in [6.07, 6.45) is 3.97. The number of anilines is 1. The van der Waals surface area contributed by atoms with E-state index < -0.39 is 0 Å². The zero-order chi connectivity index (χ0) is 14.7. The molecule has 0 aliphatic heterocycles. The van der Waals surface area contributed by atoms with Crippen molar-refractivity contribution in [3.63, 3.8) is 0 Å². The smallest absolute Gasteiger partial charge is 0.255 e. The Morgan fingerprint density at radius 1 is 0.952 bits per heavy atom. The monoisotopic (exact) mass is 276 g/mol. The first-order chi connectivity index (χ1) is 10.2. The van der Waals surface area contributed by atoms with Gasteiger partial charge in [0.1, 0.15) is 0 Å². The van der Waals surface area contributed by atoms with E-state index in [-0.39, 0.29) is 5.91 Å². The van der Waals surface area contributed by atoms with E-state index in [4.69, 9.17) is 0 Å². The first-order valence-corrected chi connectivity index (χ1v) is 6.84. The van der Waals surface area contributed by atoms with Gasteiger partial charge in [0.15, 0.2) is 0 Å². The van der Waals surface area contributed by atoms with Gasteiger partial charge in [0.2, 0.25) is 0 Å². The first kappa shape index (κ1) is 13.2. The zero-order valence-corrected chi connectivity index (χ0v) is 11.8. The average Bonchev–Trinajstić information content (AvgIpc) is 3.02. The molecule has 0 saturated heterocycles. The SMILES string of the molecule is Cc1cccc(C(=O)Nc2ccc(-n3cccc3)cc2)c1. The fourth-order valence-corrected chi connectivity index (χ4v) is 2.21. The molecular weight excluding hydrogens is 260 g/mol. The summed E-state index contributed by atoms with van der Waals surface area (Å²) in [5, 5.41) is 2.91. The maximum atomic E-state index is 12.2. The maximum Gasteiger partial charge on any atom is 0.255 e. The molecular formula is C18H16N2O. The maximum absolute atomic E-state index is 12.2. The highest BCUT2D eigenvalue weighted by atomic mass is 16.1. The molecule has 3 nitrogen and oxygen atoms in total. The highest BCUT2D eigenvalue weighted by Gasteiger charge is 2.06. The van der Waals surface area contributed by atoms with Crippen molar-refractivity contribution in [3.05, 3.63) is 84.2 Å². The number of aromatic nitrogens is 1. The third-order valence-corrected chi connectivity index (χ3v) is 3.31. The van der Waals surface area contributed by atoms with E-state index in [2.05, 4.69) is 5.32 Å². The Balaban J connectivity index is 1.75. The minimum Gasteiger partial charge on any atom is -0.324 e. The van der Waals surface area contributed by atoms with Crippen molar-refractivity contribution in [1.29, 1.82) is 0 Å². The van der Waals surface area contributed by atoms with Crippen molar-refractivity contribution in [3.8, 4) is 5.69 Å². The number of aryl methyl sites for hydroxylation is 1. The van der Waals surface area contributed by atoms with Gasteiger partial charge in [0.25, 0.3) is 5.91 Å². The van der Waals surface area contributed by atoms with Gasteiger partial charge in [-0.05, 0) is 55.5 Å². The largest absolute Gasteiger partial charge is 0.324 e. The van der Waals surface area contributed by atoms with Crippen LogP contribution in [0.25, 0.3) is 5.69 Å². The lowest BCUT2D eigenvalue weighted by Gasteiger charge is -2.08. The fourth-order valence-electron chi connectivity index (χ4n) is 2.21. The van der Waals surface area contributed by atoms with Crippen LogP contribution >= 0.6 is 0 Å². The third kappa shape index (κ3) is 3.03. The highest BCUT2D eigenvalue weighted by Crippen LogP contribution is 2.15. The normalized spacial score (nSPS) is 10.3. The summed E-state index contributed by atoms with van der Waals surface area (Å²) < 4.78 is 2.02. The van der Waals surface area contributed by atoms with Crippen LogP contribution in [0.15, 0.2) is 73.1 Å². The number of hydrogen-bond acceptors (Lipinski definition) is 1. The zero-order valence-electron chi connectivity index (χ0n) is 11.8. The molecule has 1 heterocycles. The Labute approximate surface area is 123 Å². The van der Waals surface area contributed by atoms with Crippen molar-refractivity contribution < 1.29 is 4.79 Å². The van der Waals surface area contributed by atoms with Gasteiger partial charge in [-0.15, -0.1) is 0 Å². The molecule has 0 aliphatic carbocycles. The van der Waals surface area contributed by atoms with Gasteiger partial charge in [-0.2, -0.15) is 0 Å². The molecule has 1 N–H and O–H groups in total. The van der Waals surface area contributed by atoms with Crippen molar-refractivity contribution in [2.24, 2.45) is 0 Å². The molecule has 0 bridgehead atoms. The molecule has 3 heteroatoms. The average molecular weight is 276 g/mol. The first-order valence-electron chi connectivity index (χ1n) is 6.84. The van der Waals surface area contributed by atoms with Gasteiger partial charge in [-0.25, -0.2) is 0 Å². The Hall–Kier alpha value is -2.81. The predicted octanol–water partition coefficient (Wildman–Crippen LogP) is 4.04. The van der Waals surface area contributed by atoms with Crippen LogP contribution in [-0.4, -0.2) is 10.5 Å². The lowest BCUT2D eigenvalue weighted by molar-refractivity contribution is 0.102. The number of benzene rings is 2. The number of carbonyl (C=O) groups is 1. The van der Waals surface area contributed by atoms with Crippen molar-refractivity contribution >= 4 is 11.6 Å². The molecule has 1 amide bonds. The summed E-state index contributed by atoms with van der Waals surface area (Å²) in [5.74, 6) is -0.0904. The molecule has 0 atom stereocenters. The number of nitrogens with one attached hydrogen (secondary N) is 1. The number of rotatable bonds is 3. The topological polar surface area (TPSA) is 34.0 Å². The van der Waals surface area contributed by atoms with Crippen LogP contribution in [0.3, 0.4) is 0 Å². The second-order valence-electron chi connectivity index (χ2n) is 4.96. The van der Waals surface area contributed by atoms with E-state index in [0.717, 1.165) is 16.9 Å². The molecule has 0 fully saturated rings. The molecule has 2 aromatic carbocycles. The van der Waals surface area contributed by atoms with Crippen LogP contribution in [0.5, 0.6) is 0 Å². The second kappa shape index (κ2) is 5.67. The van der Waals surface area contributed by atoms with E-state index in [9.17, 15) is 4.79 Å². The van der Waals surface area contributed by atoms with E-state index in [1.165, 1.54) is 0 Å². The Kier molecular flexibility index (Phi) is 3.56. The minimum absolute atomic E-state index is 0.0904. The minimum atomic E-state index is -0.0904. The molecule has 0 radical (unpaired) electrons. The standard InChI is InChI=1S/C18H16N2O/c1-14-5-4-6-15(13-14)18(21)19-16-7-9-17(10-8-16)20-11-2-3-12-20/h2-13H,1H3,(H,19,21).